The van der Waals surface area contributed by atoms with Gasteiger partial charge in [-0.25, -0.2) is 0 Å². The second-order valence-electron chi connectivity index (χ2n) is 3.89. The fraction of sp³-hybridized carbons (Fsp3) is 0.909. The normalized spacial score (nSPS) is 22.8. The Balaban J connectivity index is 2.13. The predicted molar refractivity (Wildman–Crippen MR) is 59.3 cm³/mol. The van der Waals surface area contributed by atoms with Gasteiger partial charge in [-0.15, -0.1) is 0 Å². The molecule has 1 rings (SSSR count). The second-order valence-corrected chi connectivity index (χ2v) is 3.89. The average molecular weight is 231 g/mol. The first kappa shape index (κ1) is 13.4. The number of hydrogen-bond donors (Lipinski definition) is 1. The van der Waals surface area contributed by atoms with Gasteiger partial charge in [-0.1, -0.05) is 0 Å². The quantitative estimate of drug-likeness (QED) is 0.668. The average Bonchev–Trinajstić information content (AvgIpc) is 2.27. The van der Waals surface area contributed by atoms with E-state index < -0.39 is 0 Å². The first-order valence-corrected chi connectivity index (χ1v) is 5.80. The van der Waals surface area contributed by atoms with Gasteiger partial charge in [-0.2, -0.15) is 0 Å². The monoisotopic (exact) mass is 231 g/mol. The highest BCUT2D eigenvalue weighted by molar-refractivity contribution is 5.70. The van der Waals surface area contributed by atoms with Crippen molar-refractivity contribution in [2.45, 2.75) is 32.4 Å². The molecule has 0 saturated carbocycles. The maximum atomic E-state index is 11.5. The van der Waals surface area contributed by atoms with Crippen molar-refractivity contribution in [3.05, 3.63) is 0 Å². The highest BCUT2D eigenvalue weighted by Crippen LogP contribution is 2.02. The molecule has 16 heavy (non-hydrogen) atoms. The van der Waals surface area contributed by atoms with E-state index in [-0.39, 0.29) is 18.1 Å². The number of carbonyl (C=O) groups excluding carboxylic acids is 1. The Morgan fingerprint density at radius 1 is 1.62 bits per heavy atom. The van der Waals surface area contributed by atoms with E-state index in [4.69, 9.17) is 14.2 Å². The molecule has 0 spiro atoms. The molecule has 5 nitrogen and oxygen atoms in total. The molecule has 0 bridgehead atoms. The maximum absolute atomic E-state index is 11.5. The van der Waals surface area contributed by atoms with Crippen LogP contribution in [-0.4, -0.2) is 51.1 Å². The minimum absolute atomic E-state index is 0.0838. The lowest BCUT2D eigenvalue weighted by Gasteiger charge is -2.23. The summed E-state index contributed by atoms with van der Waals surface area (Å²) in [7, 11) is 0. The Bertz CT molecular complexity index is 204. The Kier molecular flexibility index (Phi) is 6.37. The van der Waals surface area contributed by atoms with E-state index in [9.17, 15) is 4.79 Å². The fourth-order valence-corrected chi connectivity index (χ4v) is 1.54. The van der Waals surface area contributed by atoms with E-state index >= 15 is 0 Å². The molecule has 0 aliphatic carbocycles. The molecule has 2 atom stereocenters. The van der Waals surface area contributed by atoms with Crippen molar-refractivity contribution in [1.82, 2.24) is 5.32 Å². The van der Waals surface area contributed by atoms with Crippen molar-refractivity contribution in [3.63, 3.8) is 0 Å². The molecule has 0 amide bonds. The zero-order valence-corrected chi connectivity index (χ0v) is 10.0. The summed E-state index contributed by atoms with van der Waals surface area (Å²) in [5.41, 5.74) is 0. The molecule has 0 aromatic carbocycles. The molecular weight excluding hydrogens is 210 g/mol. The molecule has 1 aliphatic rings. The van der Waals surface area contributed by atoms with Gasteiger partial charge in [0.1, 0.15) is 6.10 Å². The lowest BCUT2D eigenvalue weighted by molar-refractivity contribution is -0.152. The van der Waals surface area contributed by atoms with Crippen molar-refractivity contribution >= 4 is 5.97 Å². The van der Waals surface area contributed by atoms with E-state index in [0.29, 0.717) is 32.8 Å². The minimum Gasteiger partial charge on any atom is -0.460 e. The summed E-state index contributed by atoms with van der Waals surface area (Å²) in [6, 6.07) is 0.0838. The third-order valence-electron chi connectivity index (χ3n) is 2.30. The molecule has 0 radical (unpaired) electrons. The maximum Gasteiger partial charge on any atom is 0.307 e. The largest absolute Gasteiger partial charge is 0.460 e. The van der Waals surface area contributed by atoms with Gasteiger partial charge in [0.05, 0.1) is 26.2 Å². The van der Waals surface area contributed by atoms with Gasteiger partial charge >= 0.3 is 5.97 Å². The molecule has 0 aromatic rings. The Morgan fingerprint density at radius 3 is 3.06 bits per heavy atom. The predicted octanol–water partition coefficient (Wildman–Crippen LogP) is 0.333. The van der Waals surface area contributed by atoms with E-state index in [2.05, 4.69) is 5.32 Å². The fourth-order valence-electron chi connectivity index (χ4n) is 1.54. The zero-order chi connectivity index (χ0) is 11.8. The third kappa shape index (κ3) is 5.44. The van der Waals surface area contributed by atoms with Gasteiger partial charge in [0.2, 0.25) is 0 Å². The molecule has 0 aromatic heterocycles. The van der Waals surface area contributed by atoms with Crippen LogP contribution < -0.4 is 5.32 Å². The van der Waals surface area contributed by atoms with Crippen molar-refractivity contribution in [2.75, 3.05) is 33.0 Å². The van der Waals surface area contributed by atoms with Gasteiger partial charge < -0.3 is 19.5 Å². The van der Waals surface area contributed by atoms with Crippen LogP contribution in [0.5, 0.6) is 0 Å². The first-order valence-electron chi connectivity index (χ1n) is 5.80. The summed E-state index contributed by atoms with van der Waals surface area (Å²) >= 11 is 0. The smallest absolute Gasteiger partial charge is 0.307 e. The number of esters is 1. The van der Waals surface area contributed by atoms with Crippen LogP contribution in [0.15, 0.2) is 0 Å². The number of nitrogens with one attached hydrogen (secondary N) is 1. The Hall–Kier alpha value is -0.650. The number of carbonyl (C=O) groups is 1. The highest BCUT2D eigenvalue weighted by atomic mass is 16.6. The summed E-state index contributed by atoms with van der Waals surface area (Å²) in [5.74, 6) is -0.199. The van der Waals surface area contributed by atoms with Crippen LogP contribution in [-0.2, 0) is 19.0 Å². The van der Waals surface area contributed by atoms with Gasteiger partial charge in [-0.05, 0) is 13.8 Å². The Morgan fingerprint density at radius 2 is 2.44 bits per heavy atom. The van der Waals surface area contributed by atoms with Crippen LogP contribution in [0.3, 0.4) is 0 Å². The van der Waals surface area contributed by atoms with Gasteiger partial charge in [0.15, 0.2) is 0 Å². The lowest BCUT2D eigenvalue weighted by Crippen LogP contribution is -2.43. The molecule has 1 heterocycles. The van der Waals surface area contributed by atoms with Crippen LogP contribution >= 0.6 is 0 Å². The van der Waals surface area contributed by atoms with Gasteiger partial charge in [0, 0.05) is 19.2 Å². The highest BCUT2D eigenvalue weighted by Gasteiger charge is 2.19. The minimum atomic E-state index is -0.199. The summed E-state index contributed by atoms with van der Waals surface area (Å²) in [6.07, 6.45) is 0.174. The topological polar surface area (TPSA) is 56.8 Å². The molecule has 1 N–H and O–H groups in total. The number of rotatable bonds is 6. The summed E-state index contributed by atoms with van der Waals surface area (Å²) in [4.78, 5) is 11.5. The van der Waals surface area contributed by atoms with Crippen molar-refractivity contribution < 1.29 is 19.0 Å². The molecule has 5 heteroatoms. The molecule has 1 saturated heterocycles. The molecule has 2 unspecified atom stereocenters. The summed E-state index contributed by atoms with van der Waals surface area (Å²) in [5, 5.41) is 3.21. The van der Waals surface area contributed by atoms with E-state index in [1.165, 1.54) is 0 Å². The molecule has 1 fully saturated rings. The lowest BCUT2D eigenvalue weighted by atomic mass is 10.2. The van der Waals surface area contributed by atoms with Crippen molar-refractivity contribution in [1.29, 1.82) is 0 Å². The van der Waals surface area contributed by atoms with Crippen LogP contribution in [0.25, 0.3) is 0 Å². The molecule has 1 aliphatic heterocycles. The standard InChI is InChI=1S/C11H21NO4/c1-3-14-7-9(2)16-11(13)6-10-8-15-5-4-12-10/h9-10,12H,3-8H2,1-2H3. The SMILES string of the molecule is CCOCC(C)OC(=O)CC1COCCN1. The summed E-state index contributed by atoms with van der Waals surface area (Å²) < 4.78 is 15.6. The van der Waals surface area contributed by atoms with Crippen LogP contribution in [0.1, 0.15) is 20.3 Å². The van der Waals surface area contributed by atoms with Gasteiger partial charge in [0.25, 0.3) is 0 Å². The van der Waals surface area contributed by atoms with Gasteiger partial charge in [-0.3, -0.25) is 4.79 Å². The van der Waals surface area contributed by atoms with Crippen LogP contribution in [0.4, 0.5) is 0 Å². The Labute approximate surface area is 96.4 Å². The number of ether oxygens (including phenoxy) is 3. The van der Waals surface area contributed by atoms with Crippen molar-refractivity contribution in [3.8, 4) is 0 Å². The van der Waals surface area contributed by atoms with E-state index in [1.54, 1.807) is 0 Å². The second kappa shape index (κ2) is 7.60. The van der Waals surface area contributed by atoms with Crippen LogP contribution in [0, 0.1) is 0 Å². The van der Waals surface area contributed by atoms with E-state index in [0.717, 1.165) is 6.54 Å². The first-order chi connectivity index (χ1) is 7.72. The zero-order valence-electron chi connectivity index (χ0n) is 10.0. The number of morpholine rings is 1. The van der Waals surface area contributed by atoms with E-state index in [1.807, 2.05) is 13.8 Å². The van der Waals surface area contributed by atoms with Crippen LogP contribution in [0.2, 0.25) is 0 Å². The molecular formula is C11H21NO4. The third-order valence-corrected chi connectivity index (χ3v) is 2.30. The molecule has 94 valence electrons. The van der Waals surface area contributed by atoms with Crippen molar-refractivity contribution in [2.24, 2.45) is 0 Å². The number of hydrogen-bond acceptors (Lipinski definition) is 5. The summed E-state index contributed by atoms with van der Waals surface area (Å²) in [6.45, 7) is 6.93.